The van der Waals surface area contributed by atoms with Crippen LogP contribution in [0, 0.1) is 0 Å². The van der Waals surface area contributed by atoms with Gasteiger partial charge in [0.2, 0.25) is 17.7 Å². The van der Waals surface area contributed by atoms with Crippen LogP contribution < -0.4 is 21.7 Å². The SMILES string of the molecule is CC(C)(C)NC(=O)[C@@H]1C[C@H](c2ccccc2)CCN1C[C@@H](O)[C@H](Cc1ccccc1)NC(=O)[C@H](CC(N)=O)NC(=O)OCc1ccccc1. The monoisotopic (exact) mass is 671 g/mol. The quantitative estimate of drug-likeness (QED) is 0.175. The third-order valence-corrected chi connectivity index (χ3v) is 8.52. The maximum atomic E-state index is 13.7. The van der Waals surface area contributed by atoms with Crippen LogP contribution in [0.25, 0.3) is 0 Å². The Kier molecular flexibility index (Phi) is 13.3. The van der Waals surface area contributed by atoms with Crippen molar-refractivity contribution in [1.29, 1.82) is 0 Å². The van der Waals surface area contributed by atoms with Crippen LogP contribution in [0.3, 0.4) is 0 Å². The van der Waals surface area contributed by atoms with Gasteiger partial charge >= 0.3 is 6.09 Å². The fraction of sp³-hybridized carbons (Fsp3) is 0.421. The lowest BCUT2D eigenvalue weighted by molar-refractivity contribution is -0.131. The van der Waals surface area contributed by atoms with Crippen molar-refractivity contribution in [2.45, 2.75) is 88.7 Å². The first-order valence-electron chi connectivity index (χ1n) is 16.8. The third-order valence-electron chi connectivity index (χ3n) is 8.52. The number of nitrogens with zero attached hydrogens (tertiary/aromatic N) is 1. The molecule has 1 saturated heterocycles. The maximum Gasteiger partial charge on any atom is 0.408 e. The van der Waals surface area contributed by atoms with E-state index in [0.717, 1.165) is 17.5 Å². The molecular weight excluding hydrogens is 622 g/mol. The Labute approximate surface area is 288 Å². The Morgan fingerprint density at radius 2 is 1.49 bits per heavy atom. The van der Waals surface area contributed by atoms with Gasteiger partial charge in [-0.1, -0.05) is 91.0 Å². The van der Waals surface area contributed by atoms with E-state index in [0.29, 0.717) is 13.0 Å². The molecule has 11 heteroatoms. The number of hydrogen-bond donors (Lipinski definition) is 5. The number of aliphatic hydroxyl groups is 1. The standard InChI is InChI=1S/C38H49N5O6/c1-38(2,3)42-36(47)32-22-29(28-17-11-6-12-18-28)19-20-43(32)24-33(44)30(21-26-13-7-4-8-14-26)40-35(46)31(23-34(39)45)41-37(48)49-25-27-15-9-5-10-16-27/h4-18,29-33,44H,19-25H2,1-3H3,(H2,39,45)(H,40,46)(H,41,48)(H,42,47)/t29-,30+,31+,32+,33-/m1/s1. The van der Waals surface area contributed by atoms with Gasteiger partial charge in [-0.05, 0) is 69.2 Å². The number of carbonyl (C=O) groups excluding carboxylic acids is 4. The van der Waals surface area contributed by atoms with E-state index in [1.54, 1.807) is 12.1 Å². The van der Waals surface area contributed by atoms with E-state index in [2.05, 4.69) is 28.1 Å². The molecule has 0 spiro atoms. The van der Waals surface area contributed by atoms with Crippen molar-refractivity contribution in [1.82, 2.24) is 20.9 Å². The number of nitrogens with two attached hydrogens (primary N) is 1. The van der Waals surface area contributed by atoms with Crippen LogP contribution in [-0.2, 0) is 32.1 Å². The topological polar surface area (TPSA) is 163 Å². The number of alkyl carbamates (subject to hydrolysis) is 1. The molecule has 6 N–H and O–H groups in total. The lowest BCUT2D eigenvalue weighted by Crippen LogP contribution is -2.59. The Bertz CT molecular complexity index is 1520. The Hall–Kier alpha value is -4.74. The number of ether oxygens (including phenoxy) is 1. The molecule has 1 aliphatic rings. The summed E-state index contributed by atoms with van der Waals surface area (Å²) in [5.41, 5.74) is 7.78. The Balaban J connectivity index is 1.51. The molecule has 3 aromatic rings. The van der Waals surface area contributed by atoms with E-state index in [1.807, 2.05) is 92.4 Å². The van der Waals surface area contributed by atoms with Gasteiger partial charge in [0.15, 0.2) is 0 Å². The van der Waals surface area contributed by atoms with Gasteiger partial charge in [-0.3, -0.25) is 19.3 Å². The van der Waals surface area contributed by atoms with Crippen LogP contribution in [0.2, 0.25) is 0 Å². The molecule has 1 heterocycles. The van der Waals surface area contributed by atoms with Crippen molar-refractivity contribution < 1.29 is 29.0 Å². The minimum atomic E-state index is -1.34. The number of amides is 4. The average Bonchev–Trinajstić information content (AvgIpc) is 3.07. The predicted octanol–water partition coefficient (Wildman–Crippen LogP) is 3.41. The summed E-state index contributed by atoms with van der Waals surface area (Å²) in [4.78, 5) is 53.9. The van der Waals surface area contributed by atoms with Crippen LogP contribution in [-0.4, -0.2) is 76.7 Å². The highest BCUT2D eigenvalue weighted by molar-refractivity contribution is 5.90. The second-order valence-corrected chi connectivity index (χ2v) is 13.7. The van der Waals surface area contributed by atoms with Gasteiger partial charge in [-0.25, -0.2) is 4.79 Å². The Morgan fingerprint density at radius 1 is 0.898 bits per heavy atom. The summed E-state index contributed by atoms with van der Waals surface area (Å²) in [6.07, 6.45) is -0.843. The van der Waals surface area contributed by atoms with Crippen LogP contribution in [0.4, 0.5) is 4.79 Å². The predicted molar refractivity (Wildman–Crippen MR) is 187 cm³/mol. The molecule has 4 amide bonds. The molecule has 4 rings (SSSR count). The van der Waals surface area contributed by atoms with Gasteiger partial charge < -0.3 is 31.5 Å². The normalized spacial score (nSPS) is 18.4. The summed E-state index contributed by atoms with van der Waals surface area (Å²) >= 11 is 0. The fourth-order valence-corrected chi connectivity index (χ4v) is 6.11. The van der Waals surface area contributed by atoms with Crippen molar-refractivity contribution in [2.75, 3.05) is 13.1 Å². The van der Waals surface area contributed by atoms with Crippen molar-refractivity contribution in [3.8, 4) is 0 Å². The van der Waals surface area contributed by atoms with Crippen LogP contribution in [0.5, 0.6) is 0 Å². The summed E-state index contributed by atoms with van der Waals surface area (Å²) in [7, 11) is 0. The highest BCUT2D eigenvalue weighted by Crippen LogP contribution is 2.32. The van der Waals surface area contributed by atoms with E-state index >= 15 is 0 Å². The second-order valence-electron chi connectivity index (χ2n) is 13.7. The number of rotatable bonds is 14. The number of aliphatic hydroxyl groups excluding tert-OH is 1. The van der Waals surface area contributed by atoms with E-state index in [-0.39, 0.29) is 31.4 Å². The molecule has 11 nitrogen and oxygen atoms in total. The van der Waals surface area contributed by atoms with Crippen LogP contribution in [0.1, 0.15) is 62.6 Å². The summed E-state index contributed by atoms with van der Waals surface area (Å²) in [6.45, 7) is 6.43. The zero-order valence-corrected chi connectivity index (χ0v) is 28.5. The molecule has 0 radical (unpaired) electrons. The van der Waals surface area contributed by atoms with E-state index < -0.39 is 54.1 Å². The first kappa shape index (κ1) is 37.1. The van der Waals surface area contributed by atoms with Gasteiger partial charge in [0.25, 0.3) is 0 Å². The van der Waals surface area contributed by atoms with E-state index in [9.17, 15) is 24.3 Å². The van der Waals surface area contributed by atoms with Gasteiger partial charge in [-0.2, -0.15) is 0 Å². The number of nitrogens with one attached hydrogen (secondary N) is 3. The van der Waals surface area contributed by atoms with Gasteiger partial charge in [-0.15, -0.1) is 0 Å². The largest absolute Gasteiger partial charge is 0.445 e. The lowest BCUT2D eigenvalue weighted by atomic mass is 9.84. The molecule has 1 aliphatic heterocycles. The molecule has 0 unspecified atom stereocenters. The highest BCUT2D eigenvalue weighted by atomic mass is 16.5. The molecule has 49 heavy (non-hydrogen) atoms. The van der Waals surface area contributed by atoms with Gasteiger partial charge in [0.1, 0.15) is 12.6 Å². The number of β-amino-alcohol motifs (C(OH)–C–C–N with tert-alkyl or cyclic N) is 1. The number of likely N-dealkylation sites (tertiary alicyclic amines) is 1. The Morgan fingerprint density at radius 3 is 2.08 bits per heavy atom. The van der Waals surface area contributed by atoms with Crippen molar-refractivity contribution in [2.24, 2.45) is 5.73 Å². The fourth-order valence-electron chi connectivity index (χ4n) is 6.11. The third kappa shape index (κ3) is 12.0. The molecule has 0 saturated carbocycles. The molecular formula is C38H49N5O6. The number of primary amides is 1. The summed E-state index contributed by atoms with van der Waals surface area (Å²) in [5, 5.41) is 20.2. The molecule has 3 aromatic carbocycles. The number of piperidine rings is 1. The first-order chi connectivity index (χ1) is 23.4. The lowest BCUT2D eigenvalue weighted by Gasteiger charge is -2.41. The second kappa shape index (κ2) is 17.6. The molecule has 5 atom stereocenters. The number of hydrogen-bond acceptors (Lipinski definition) is 7. The number of benzene rings is 3. The maximum absolute atomic E-state index is 13.7. The van der Waals surface area contributed by atoms with E-state index in [1.165, 1.54) is 5.56 Å². The van der Waals surface area contributed by atoms with Crippen molar-refractivity contribution in [3.63, 3.8) is 0 Å². The molecule has 0 aromatic heterocycles. The minimum Gasteiger partial charge on any atom is -0.445 e. The van der Waals surface area contributed by atoms with Gasteiger partial charge in [0, 0.05) is 12.1 Å². The summed E-state index contributed by atoms with van der Waals surface area (Å²) < 4.78 is 5.27. The zero-order valence-electron chi connectivity index (χ0n) is 28.5. The molecule has 1 fully saturated rings. The average molecular weight is 672 g/mol. The van der Waals surface area contributed by atoms with Crippen molar-refractivity contribution in [3.05, 3.63) is 108 Å². The zero-order chi connectivity index (χ0) is 35.4. The summed E-state index contributed by atoms with van der Waals surface area (Å²) in [6, 6.07) is 25.8. The molecule has 0 bridgehead atoms. The van der Waals surface area contributed by atoms with Crippen LogP contribution >= 0.6 is 0 Å². The van der Waals surface area contributed by atoms with Crippen molar-refractivity contribution >= 4 is 23.8 Å². The highest BCUT2D eigenvalue weighted by Gasteiger charge is 2.38. The van der Waals surface area contributed by atoms with E-state index in [4.69, 9.17) is 10.5 Å². The molecule has 0 aliphatic carbocycles. The smallest absolute Gasteiger partial charge is 0.408 e. The molecule has 262 valence electrons. The number of carbonyl (C=O) groups is 4. The van der Waals surface area contributed by atoms with Crippen LogP contribution in [0.15, 0.2) is 91.0 Å². The minimum absolute atomic E-state index is 0.0299. The van der Waals surface area contributed by atoms with Gasteiger partial charge in [0.05, 0.1) is 24.6 Å². The first-order valence-corrected chi connectivity index (χ1v) is 16.8. The summed E-state index contributed by atoms with van der Waals surface area (Å²) in [5.74, 6) is -1.44.